The van der Waals surface area contributed by atoms with E-state index in [-0.39, 0.29) is 18.3 Å². The van der Waals surface area contributed by atoms with E-state index in [1.165, 1.54) is 23.5 Å². The number of methoxy groups -OCH3 is 1. The summed E-state index contributed by atoms with van der Waals surface area (Å²) in [5, 5.41) is 0.861. The van der Waals surface area contributed by atoms with Gasteiger partial charge in [-0.2, -0.15) is 0 Å². The summed E-state index contributed by atoms with van der Waals surface area (Å²) in [6, 6.07) is 11.8. The van der Waals surface area contributed by atoms with Gasteiger partial charge in [0.1, 0.15) is 17.3 Å². The average molecular weight is 401 g/mol. The number of thiazole rings is 1. The third-order valence-corrected chi connectivity index (χ3v) is 5.72. The topological polar surface area (TPSA) is 54.9 Å². The largest absolute Gasteiger partial charge is 0.497 e. The molecule has 146 valence electrons. The van der Waals surface area contributed by atoms with Crippen molar-refractivity contribution in [3.63, 3.8) is 0 Å². The monoisotopic (exact) mass is 401 g/mol. The van der Waals surface area contributed by atoms with Crippen molar-refractivity contribution in [2.24, 2.45) is 0 Å². The van der Waals surface area contributed by atoms with E-state index in [0.29, 0.717) is 37.7 Å². The van der Waals surface area contributed by atoms with Crippen LogP contribution in [0.2, 0.25) is 0 Å². The number of carbonyl (C=O) groups is 1. The highest BCUT2D eigenvalue weighted by Gasteiger charge is 2.23. The molecule has 2 heterocycles. The van der Waals surface area contributed by atoms with Crippen LogP contribution in [0.4, 0.5) is 9.52 Å². The Morgan fingerprint density at radius 2 is 1.93 bits per heavy atom. The van der Waals surface area contributed by atoms with Gasteiger partial charge in [-0.25, -0.2) is 9.37 Å². The molecular weight excluding hydrogens is 381 g/mol. The number of carbonyl (C=O) groups excluding carboxylic acids is 1. The Morgan fingerprint density at radius 3 is 2.71 bits per heavy atom. The fourth-order valence-electron chi connectivity index (χ4n) is 3.10. The van der Waals surface area contributed by atoms with Gasteiger partial charge in [-0.1, -0.05) is 17.4 Å². The zero-order valence-corrected chi connectivity index (χ0v) is 16.2. The summed E-state index contributed by atoms with van der Waals surface area (Å²) < 4.78 is 25.0. The number of ether oxygens (including phenoxy) is 2. The zero-order valence-electron chi connectivity index (χ0n) is 15.4. The van der Waals surface area contributed by atoms with Gasteiger partial charge in [-0.05, 0) is 30.3 Å². The minimum absolute atomic E-state index is 0.00637. The lowest BCUT2D eigenvalue weighted by Crippen LogP contribution is -2.50. The van der Waals surface area contributed by atoms with Crippen LogP contribution in [0, 0.1) is 5.82 Å². The van der Waals surface area contributed by atoms with Crippen molar-refractivity contribution < 1.29 is 18.7 Å². The fourth-order valence-corrected chi connectivity index (χ4v) is 4.14. The number of aromatic nitrogens is 1. The molecule has 0 saturated carbocycles. The van der Waals surface area contributed by atoms with Gasteiger partial charge in [-0.15, -0.1) is 0 Å². The van der Waals surface area contributed by atoms with Crippen LogP contribution in [-0.4, -0.2) is 55.7 Å². The molecule has 6 nitrogen and oxygen atoms in total. The molecule has 0 unspecified atom stereocenters. The predicted octanol–water partition coefficient (Wildman–Crippen LogP) is 3.17. The number of halogens is 1. The second kappa shape index (κ2) is 8.02. The smallest absolute Gasteiger partial charge is 0.260 e. The third-order valence-electron chi connectivity index (χ3n) is 4.65. The first-order valence-electron chi connectivity index (χ1n) is 8.98. The first kappa shape index (κ1) is 18.5. The Labute approximate surface area is 166 Å². The number of piperazine rings is 1. The quantitative estimate of drug-likeness (QED) is 0.657. The normalized spacial score (nSPS) is 14.4. The third kappa shape index (κ3) is 4.01. The molecule has 0 aliphatic carbocycles. The molecule has 28 heavy (non-hydrogen) atoms. The number of hydrogen-bond acceptors (Lipinski definition) is 6. The Morgan fingerprint density at radius 1 is 1.14 bits per heavy atom. The number of anilines is 1. The molecule has 0 N–H and O–H groups in total. The summed E-state index contributed by atoms with van der Waals surface area (Å²) in [5.74, 6) is 0.991. The summed E-state index contributed by atoms with van der Waals surface area (Å²) >= 11 is 1.47. The first-order chi connectivity index (χ1) is 13.6. The van der Waals surface area contributed by atoms with Gasteiger partial charge in [-0.3, -0.25) is 4.79 Å². The number of fused-ring (bicyclic) bond motifs is 1. The number of nitrogens with zero attached hydrogens (tertiary/aromatic N) is 3. The second-order valence-corrected chi connectivity index (χ2v) is 7.45. The summed E-state index contributed by atoms with van der Waals surface area (Å²) in [4.78, 5) is 21.0. The molecule has 1 saturated heterocycles. The van der Waals surface area contributed by atoms with Crippen LogP contribution < -0.4 is 14.4 Å². The van der Waals surface area contributed by atoms with E-state index in [4.69, 9.17) is 9.47 Å². The van der Waals surface area contributed by atoms with Crippen molar-refractivity contribution in [1.82, 2.24) is 9.88 Å². The SMILES string of the molecule is COc1cccc(OCC(=O)N2CCN(c3nc4ccc(F)cc4s3)CC2)c1. The molecule has 0 spiro atoms. The van der Waals surface area contributed by atoms with Crippen molar-refractivity contribution in [3.05, 3.63) is 48.3 Å². The van der Waals surface area contributed by atoms with Gasteiger partial charge in [0.2, 0.25) is 0 Å². The van der Waals surface area contributed by atoms with Crippen LogP contribution in [0.3, 0.4) is 0 Å². The van der Waals surface area contributed by atoms with Gasteiger partial charge in [0.05, 0.1) is 17.3 Å². The zero-order chi connectivity index (χ0) is 19.5. The van der Waals surface area contributed by atoms with Crippen molar-refractivity contribution in [2.45, 2.75) is 0 Å². The molecule has 4 rings (SSSR count). The van der Waals surface area contributed by atoms with E-state index in [2.05, 4.69) is 9.88 Å². The number of amides is 1. The van der Waals surface area contributed by atoms with Gasteiger partial charge in [0.25, 0.3) is 5.91 Å². The summed E-state index contributed by atoms with van der Waals surface area (Å²) in [5.41, 5.74) is 0.798. The van der Waals surface area contributed by atoms with Crippen molar-refractivity contribution >= 4 is 32.6 Å². The number of rotatable bonds is 5. The molecule has 1 aromatic heterocycles. The van der Waals surface area contributed by atoms with E-state index < -0.39 is 0 Å². The lowest BCUT2D eigenvalue weighted by molar-refractivity contribution is -0.133. The van der Waals surface area contributed by atoms with Gasteiger partial charge in [0.15, 0.2) is 11.7 Å². The highest BCUT2D eigenvalue weighted by molar-refractivity contribution is 7.22. The van der Waals surface area contributed by atoms with E-state index >= 15 is 0 Å². The molecular formula is C20H20FN3O3S. The Hall–Kier alpha value is -2.87. The molecule has 1 aliphatic rings. The van der Waals surface area contributed by atoms with Gasteiger partial charge < -0.3 is 19.3 Å². The molecule has 1 amide bonds. The van der Waals surface area contributed by atoms with Crippen molar-refractivity contribution in [1.29, 1.82) is 0 Å². The maximum absolute atomic E-state index is 13.4. The van der Waals surface area contributed by atoms with Crippen LogP contribution in [0.1, 0.15) is 0 Å². The average Bonchev–Trinajstić information content (AvgIpc) is 3.15. The van der Waals surface area contributed by atoms with Crippen LogP contribution in [-0.2, 0) is 4.79 Å². The molecule has 1 aliphatic heterocycles. The van der Waals surface area contributed by atoms with Gasteiger partial charge in [0, 0.05) is 32.2 Å². The lowest BCUT2D eigenvalue weighted by Gasteiger charge is -2.34. The second-order valence-electron chi connectivity index (χ2n) is 6.44. The molecule has 3 aromatic rings. The predicted molar refractivity (Wildman–Crippen MR) is 107 cm³/mol. The van der Waals surface area contributed by atoms with Crippen LogP contribution in [0.25, 0.3) is 10.2 Å². The standard InChI is InChI=1S/C20H20FN3O3S/c1-26-15-3-2-4-16(12-15)27-13-19(25)23-7-9-24(10-8-23)20-22-17-6-5-14(21)11-18(17)28-20/h2-6,11-12H,7-10,13H2,1H3. The summed E-state index contributed by atoms with van der Waals surface area (Å²) in [6.45, 7) is 2.57. The molecule has 8 heteroatoms. The van der Waals surface area contributed by atoms with Crippen LogP contribution in [0.15, 0.2) is 42.5 Å². The van der Waals surface area contributed by atoms with E-state index in [9.17, 15) is 9.18 Å². The lowest BCUT2D eigenvalue weighted by atomic mass is 10.3. The van der Waals surface area contributed by atoms with E-state index in [1.54, 1.807) is 30.2 Å². The number of benzene rings is 2. The minimum atomic E-state index is -0.255. The fraction of sp³-hybridized carbons (Fsp3) is 0.300. The highest BCUT2D eigenvalue weighted by Crippen LogP contribution is 2.30. The van der Waals surface area contributed by atoms with Crippen molar-refractivity contribution in [3.8, 4) is 11.5 Å². The first-order valence-corrected chi connectivity index (χ1v) is 9.80. The Bertz CT molecular complexity index is 986. The molecule has 0 bridgehead atoms. The molecule has 0 atom stereocenters. The Kier molecular flexibility index (Phi) is 5.29. The molecule has 0 radical (unpaired) electrons. The summed E-state index contributed by atoms with van der Waals surface area (Å²) in [6.07, 6.45) is 0. The summed E-state index contributed by atoms with van der Waals surface area (Å²) in [7, 11) is 1.59. The Balaban J connectivity index is 1.32. The van der Waals surface area contributed by atoms with Gasteiger partial charge >= 0.3 is 0 Å². The van der Waals surface area contributed by atoms with E-state index in [0.717, 1.165) is 15.3 Å². The van der Waals surface area contributed by atoms with E-state index in [1.807, 2.05) is 12.1 Å². The number of hydrogen-bond donors (Lipinski definition) is 0. The minimum Gasteiger partial charge on any atom is -0.497 e. The molecule has 2 aromatic carbocycles. The maximum Gasteiger partial charge on any atom is 0.260 e. The van der Waals surface area contributed by atoms with Crippen molar-refractivity contribution in [2.75, 3.05) is 44.8 Å². The van der Waals surface area contributed by atoms with Crippen LogP contribution in [0.5, 0.6) is 11.5 Å². The highest BCUT2D eigenvalue weighted by atomic mass is 32.1. The molecule has 1 fully saturated rings. The maximum atomic E-state index is 13.4. The van der Waals surface area contributed by atoms with Crippen LogP contribution >= 0.6 is 11.3 Å².